The molecule has 0 saturated carbocycles. The summed E-state index contributed by atoms with van der Waals surface area (Å²) >= 11 is 0. The van der Waals surface area contributed by atoms with Gasteiger partial charge in [0.1, 0.15) is 0 Å². The van der Waals surface area contributed by atoms with Gasteiger partial charge in [-0.3, -0.25) is 5.73 Å². The fourth-order valence-corrected chi connectivity index (χ4v) is 1.65. The van der Waals surface area contributed by atoms with Crippen LogP contribution >= 0.6 is 0 Å². The van der Waals surface area contributed by atoms with Gasteiger partial charge in [-0.1, -0.05) is 43.3 Å². The van der Waals surface area contributed by atoms with Crippen LogP contribution < -0.4 is 10.5 Å². The molecule has 0 aliphatic rings. The van der Waals surface area contributed by atoms with Crippen molar-refractivity contribution in [3.05, 3.63) is 60.3 Å². The van der Waals surface area contributed by atoms with E-state index in [1.54, 1.807) is 12.3 Å². The lowest BCUT2D eigenvalue weighted by molar-refractivity contribution is 0.0633. The predicted octanol–water partition coefficient (Wildman–Crippen LogP) is 2.68. The van der Waals surface area contributed by atoms with Crippen molar-refractivity contribution in [1.82, 2.24) is 4.98 Å². The molecule has 1 atom stereocenters. The molecule has 17 heavy (non-hydrogen) atoms. The highest BCUT2D eigenvalue weighted by Gasteiger charge is 2.27. The number of hydrogen-bond donors (Lipinski definition) is 1. The quantitative estimate of drug-likeness (QED) is 0.818. The number of rotatable bonds is 4. The van der Waals surface area contributed by atoms with Crippen molar-refractivity contribution in [2.24, 2.45) is 5.73 Å². The summed E-state index contributed by atoms with van der Waals surface area (Å²) < 4.78 is 5.80. The first-order chi connectivity index (χ1) is 8.24. The number of ether oxygens (including phenoxy) is 1. The molecule has 0 bridgehead atoms. The van der Waals surface area contributed by atoms with Crippen LogP contribution in [0, 0.1) is 0 Å². The first-order valence-electron chi connectivity index (χ1n) is 5.69. The molecule has 0 saturated heterocycles. The number of hydrogen-bond acceptors (Lipinski definition) is 3. The molecule has 0 aliphatic carbocycles. The molecule has 1 aromatic carbocycles. The lowest BCUT2D eigenvalue weighted by atomic mass is 10.0. The number of nitrogens with zero attached hydrogens (tertiary/aromatic N) is 1. The van der Waals surface area contributed by atoms with Gasteiger partial charge in [0.05, 0.1) is 0 Å². The van der Waals surface area contributed by atoms with Crippen LogP contribution in [0.2, 0.25) is 0 Å². The number of benzene rings is 1. The Morgan fingerprint density at radius 2 is 1.82 bits per heavy atom. The van der Waals surface area contributed by atoms with E-state index >= 15 is 0 Å². The molecule has 1 unspecified atom stereocenters. The largest absolute Gasteiger partial charge is 0.452 e. The van der Waals surface area contributed by atoms with E-state index in [-0.39, 0.29) is 0 Å². The normalized spacial score (nSPS) is 14.0. The molecule has 0 fully saturated rings. The molecule has 2 rings (SSSR count). The van der Waals surface area contributed by atoms with Crippen LogP contribution in [0.4, 0.5) is 0 Å². The molecule has 3 heteroatoms. The molecule has 2 aromatic rings. The van der Waals surface area contributed by atoms with E-state index in [1.807, 2.05) is 49.4 Å². The average molecular weight is 228 g/mol. The standard InChI is InChI=1S/C14H16N2O/c1-2-14(15,12-8-4-3-5-9-12)17-13-10-6-7-11-16-13/h3-11H,2,15H2,1H3. The van der Waals surface area contributed by atoms with Crippen LogP contribution in [0.1, 0.15) is 18.9 Å². The molecular formula is C14H16N2O. The van der Waals surface area contributed by atoms with Crippen LogP contribution in [0.5, 0.6) is 5.88 Å². The summed E-state index contributed by atoms with van der Waals surface area (Å²) in [4.78, 5) is 4.13. The van der Waals surface area contributed by atoms with Crippen LogP contribution in [0.3, 0.4) is 0 Å². The fraction of sp³-hybridized carbons (Fsp3) is 0.214. The highest BCUT2D eigenvalue weighted by Crippen LogP contribution is 2.24. The van der Waals surface area contributed by atoms with Gasteiger partial charge < -0.3 is 4.74 Å². The van der Waals surface area contributed by atoms with Gasteiger partial charge in [0.15, 0.2) is 5.72 Å². The van der Waals surface area contributed by atoms with E-state index in [2.05, 4.69) is 4.98 Å². The Hall–Kier alpha value is -1.87. The van der Waals surface area contributed by atoms with Crippen LogP contribution in [0.15, 0.2) is 54.7 Å². The van der Waals surface area contributed by atoms with Gasteiger partial charge in [0, 0.05) is 24.2 Å². The molecule has 1 heterocycles. The van der Waals surface area contributed by atoms with Crippen molar-refractivity contribution >= 4 is 0 Å². The van der Waals surface area contributed by atoms with Crippen molar-refractivity contribution in [3.63, 3.8) is 0 Å². The van der Waals surface area contributed by atoms with E-state index in [0.29, 0.717) is 12.3 Å². The minimum absolute atomic E-state index is 0.542. The summed E-state index contributed by atoms with van der Waals surface area (Å²) in [6.07, 6.45) is 2.37. The van der Waals surface area contributed by atoms with E-state index in [4.69, 9.17) is 10.5 Å². The van der Waals surface area contributed by atoms with Crippen LogP contribution in [-0.4, -0.2) is 4.98 Å². The zero-order chi connectivity index (χ0) is 12.1. The zero-order valence-electron chi connectivity index (χ0n) is 9.84. The minimum atomic E-state index is -0.824. The molecule has 0 spiro atoms. The Morgan fingerprint density at radius 3 is 2.41 bits per heavy atom. The lowest BCUT2D eigenvalue weighted by Gasteiger charge is -2.29. The first-order valence-corrected chi connectivity index (χ1v) is 5.69. The Bertz CT molecular complexity index is 458. The van der Waals surface area contributed by atoms with E-state index in [0.717, 1.165) is 5.56 Å². The van der Waals surface area contributed by atoms with Gasteiger partial charge in [-0.25, -0.2) is 4.98 Å². The Kier molecular flexibility index (Phi) is 3.40. The molecule has 3 nitrogen and oxygen atoms in total. The highest BCUT2D eigenvalue weighted by atomic mass is 16.5. The van der Waals surface area contributed by atoms with Crippen LogP contribution in [-0.2, 0) is 5.72 Å². The van der Waals surface area contributed by atoms with Crippen molar-refractivity contribution < 1.29 is 4.74 Å². The maximum absolute atomic E-state index is 6.29. The minimum Gasteiger partial charge on any atom is -0.452 e. The molecule has 0 amide bonds. The third kappa shape index (κ3) is 2.63. The Balaban J connectivity index is 2.27. The summed E-state index contributed by atoms with van der Waals surface area (Å²) in [5.74, 6) is 0.542. The smallest absolute Gasteiger partial charge is 0.215 e. The van der Waals surface area contributed by atoms with Gasteiger partial charge in [-0.2, -0.15) is 0 Å². The highest BCUT2D eigenvalue weighted by molar-refractivity contribution is 5.23. The number of aromatic nitrogens is 1. The summed E-state index contributed by atoms with van der Waals surface area (Å²) in [6, 6.07) is 15.3. The van der Waals surface area contributed by atoms with Crippen molar-refractivity contribution in [2.45, 2.75) is 19.1 Å². The molecule has 88 valence electrons. The SMILES string of the molecule is CCC(N)(Oc1ccccn1)c1ccccc1. The van der Waals surface area contributed by atoms with Crippen molar-refractivity contribution in [3.8, 4) is 5.88 Å². The summed E-state index contributed by atoms with van der Waals surface area (Å²) in [5.41, 5.74) is 6.42. The maximum atomic E-state index is 6.29. The van der Waals surface area contributed by atoms with Gasteiger partial charge in [-0.05, 0) is 6.07 Å². The Morgan fingerprint density at radius 1 is 1.12 bits per heavy atom. The van der Waals surface area contributed by atoms with E-state index in [1.165, 1.54) is 0 Å². The topological polar surface area (TPSA) is 48.1 Å². The molecular weight excluding hydrogens is 212 g/mol. The van der Waals surface area contributed by atoms with Gasteiger partial charge >= 0.3 is 0 Å². The third-order valence-electron chi connectivity index (χ3n) is 2.71. The summed E-state index contributed by atoms with van der Waals surface area (Å²) in [7, 11) is 0. The third-order valence-corrected chi connectivity index (χ3v) is 2.71. The van der Waals surface area contributed by atoms with Crippen molar-refractivity contribution in [1.29, 1.82) is 0 Å². The first kappa shape index (κ1) is 11.6. The van der Waals surface area contributed by atoms with Gasteiger partial charge in [0.2, 0.25) is 5.88 Å². The second-order valence-electron chi connectivity index (χ2n) is 3.88. The summed E-state index contributed by atoms with van der Waals surface area (Å²) in [5, 5.41) is 0. The van der Waals surface area contributed by atoms with Gasteiger partial charge in [-0.15, -0.1) is 0 Å². The van der Waals surface area contributed by atoms with E-state index in [9.17, 15) is 0 Å². The molecule has 0 aliphatic heterocycles. The molecule has 0 radical (unpaired) electrons. The second kappa shape index (κ2) is 4.97. The molecule has 2 N–H and O–H groups in total. The number of nitrogens with two attached hydrogens (primary N) is 1. The molecule has 1 aromatic heterocycles. The second-order valence-corrected chi connectivity index (χ2v) is 3.88. The zero-order valence-corrected chi connectivity index (χ0v) is 9.84. The fourth-order valence-electron chi connectivity index (χ4n) is 1.65. The number of pyridine rings is 1. The maximum Gasteiger partial charge on any atom is 0.215 e. The average Bonchev–Trinajstić information content (AvgIpc) is 2.41. The Labute approximate surface area is 101 Å². The lowest BCUT2D eigenvalue weighted by Crippen LogP contribution is -2.42. The van der Waals surface area contributed by atoms with E-state index < -0.39 is 5.72 Å². The van der Waals surface area contributed by atoms with Gasteiger partial charge in [0.25, 0.3) is 0 Å². The predicted molar refractivity (Wildman–Crippen MR) is 67.5 cm³/mol. The monoisotopic (exact) mass is 228 g/mol. The van der Waals surface area contributed by atoms with Crippen LogP contribution in [0.25, 0.3) is 0 Å². The van der Waals surface area contributed by atoms with Crippen molar-refractivity contribution in [2.75, 3.05) is 0 Å². The summed E-state index contributed by atoms with van der Waals surface area (Å²) in [6.45, 7) is 2.00.